The summed E-state index contributed by atoms with van der Waals surface area (Å²) in [6.45, 7) is 0.613. The Morgan fingerprint density at radius 1 is 1.32 bits per heavy atom. The zero-order chi connectivity index (χ0) is 13.5. The van der Waals surface area contributed by atoms with Gasteiger partial charge >= 0.3 is 6.03 Å². The smallest absolute Gasteiger partial charge is 0.319 e. The van der Waals surface area contributed by atoms with Gasteiger partial charge in [-0.2, -0.15) is 11.8 Å². The fourth-order valence-corrected chi connectivity index (χ4v) is 3.39. The summed E-state index contributed by atoms with van der Waals surface area (Å²) >= 11 is 1.92. The standard InChI is InChI=1S/C14H19FN2OS/c15-12-7-3-4-8-13(12)17-14(18)16-9-10-19-11-5-1-2-6-11/h3-4,7-8,11H,1-2,5-6,9-10H2,(H2,16,17,18). The molecule has 0 aliphatic heterocycles. The Balaban J connectivity index is 1.63. The van der Waals surface area contributed by atoms with Crippen LogP contribution in [-0.4, -0.2) is 23.6 Å². The number of halogens is 1. The van der Waals surface area contributed by atoms with E-state index in [9.17, 15) is 9.18 Å². The van der Waals surface area contributed by atoms with E-state index in [2.05, 4.69) is 10.6 Å². The molecule has 0 aromatic heterocycles. The normalized spacial score (nSPS) is 15.4. The van der Waals surface area contributed by atoms with Gasteiger partial charge in [-0.05, 0) is 25.0 Å². The molecule has 19 heavy (non-hydrogen) atoms. The van der Waals surface area contributed by atoms with Gasteiger partial charge < -0.3 is 10.6 Å². The largest absolute Gasteiger partial charge is 0.337 e. The SMILES string of the molecule is O=C(NCCSC1CCCC1)Nc1ccccc1F. The van der Waals surface area contributed by atoms with Crippen LogP contribution < -0.4 is 10.6 Å². The molecule has 1 saturated carbocycles. The van der Waals surface area contributed by atoms with Gasteiger partial charge in [0.2, 0.25) is 0 Å². The van der Waals surface area contributed by atoms with Crippen molar-refractivity contribution in [3.05, 3.63) is 30.1 Å². The number of hydrogen-bond donors (Lipinski definition) is 2. The molecule has 1 aromatic rings. The molecular weight excluding hydrogens is 263 g/mol. The lowest BCUT2D eigenvalue weighted by Gasteiger charge is -2.10. The lowest BCUT2D eigenvalue weighted by molar-refractivity contribution is 0.252. The monoisotopic (exact) mass is 282 g/mol. The number of urea groups is 1. The number of hydrogen-bond acceptors (Lipinski definition) is 2. The number of anilines is 1. The van der Waals surface area contributed by atoms with E-state index in [1.165, 1.54) is 31.7 Å². The molecule has 2 amide bonds. The van der Waals surface area contributed by atoms with E-state index in [1.807, 2.05) is 11.8 Å². The summed E-state index contributed by atoms with van der Waals surface area (Å²) in [6.07, 6.45) is 5.26. The molecule has 5 heteroatoms. The topological polar surface area (TPSA) is 41.1 Å². The predicted octanol–water partition coefficient (Wildman–Crippen LogP) is 3.62. The molecule has 104 valence electrons. The maximum Gasteiger partial charge on any atom is 0.319 e. The number of carbonyl (C=O) groups excluding carboxylic acids is 1. The molecule has 0 saturated heterocycles. The van der Waals surface area contributed by atoms with Gasteiger partial charge in [-0.1, -0.05) is 25.0 Å². The fraction of sp³-hybridized carbons (Fsp3) is 0.500. The van der Waals surface area contributed by atoms with E-state index in [0.29, 0.717) is 6.54 Å². The van der Waals surface area contributed by atoms with Crippen LogP contribution in [-0.2, 0) is 0 Å². The van der Waals surface area contributed by atoms with E-state index < -0.39 is 5.82 Å². The van der Waals surface area contributed by atoms with Crippen molar-refractivity contribution < 1.29 is 9.18 Å². The molecule has 0 bridgehead atoms. The molecule has 0 atom stereocenters. The first kappa shape index (κ1) is 14.2. The summed E-state index contributed by atoms with van der Waals surface area (Å²) in [5, 5.41) is 6.01. The summed E-state index contributed by atoms with van der Waals surface area (Å²) in [4.78, 5) is 11.6. The van der Waals surface area contributed by atoms with Crippen LogP contribution in [0.4, 0.5) is 14.9 Å². The molecule has 0 heterocycles. The van der Waals surface area contributed by atoms with Crippen molar-refractivity contribution in [1.82, 2.24) is 5.32 Å². The molecule has 1 aromatic carbocycles. The van der Waals surface area contributed by atoms with Gasteiger partial charge in [0.15, 0.2) is 0 Å². The fourth-order valence-electron chi connectivity index (χ4n) is 2.17. The summed E-state index contributed by atoms with van der Waals surface area (Å²) in [7, 11) is 0. The van der Waals surface area contributed by atoms with Crippen LogP contribution in [0.15, 0.2) is 24.3 Å². The highest BCUT2D eigenvalue weighted by Crippen LogP contribution is 2.28. The summed E-state index contributed by atoms with van der Waals surface area (Å²) in [6, 6.07) is 5.80. The van der Waals surface area contributed by atoms with Crippen molar-refractivity contribution >= 4 is 23.5 Å². The molecule has 1 aliphatic carbocycles. The number of para-hydroxylation sites is 1. The zero-order valence-electron chi connectivity index (χ0n) is 10.8. The molecule has 1 fully saturated rings. The van der Waals surface area contributed by atoms with Crippen molar-refractivity contribution in [2.24, 2.45) is 0 Å². The molecule has 3 nitrogen and oxygen atoms in total. The molecule has 1 aliphatic rings. The maximum atomic E-state index is 13.3. The Hall–Kier alpha value is -1.23. The van der Waals surface area contributed by atoms with E-state index in [-0.39, 0.29) is 11.7 Å². The molecule has 0 radical (unpaired) electrons. The Morgan fingerprint density at radius 3 is 2.79 bits per heavy atom. The summed E-state index contributed by atoms with van der Waals surface area (Å²) in [5.74, 6) is 0.494. The van der Waals surface area contributed by atoms with E-state index in [1.54, 1.807) is 18.2 Å². The second-order valence-electron chi connectivity index (χ2n) is 4.64. The summed E-state index contributed by atoms with van der Waals surface area (Å²) in [5.41, 5.74) is 0.212. The van der Waals surface area contributed by atoms with Crippen LogP contribution in [0.3, 0.4) is 0 Å². The maximum absolute atomic E-state index is 13.3. The lowest BCUT2D eigenvalue weighted by atomic mass is 10.3. The number of nitrogens with one attached hydrogen (secondary N) is 2. The lowest BCUT2D eigenvalue weighted by Crippen LogP contribution is -2.31. The van der Waals surface area contributed by atoms with Gasteiger partial charge in [-0.3, -0.25) is 0 Å². The first-order valence-electron chi connectivity index (χ1n) is 6.66. The third-order valence-electron chi connectivity index (χ3n) is 3.17. The van der Waals surface area contributed by atoms with E-state index in [0.717, 1.165) is 11.0 Å². The van der Waals surface area contributed by atoms with E-state index in [4.69, 9.17) is 0 Å². The molecule has 0 unspecified atom stereocenters. The highest BCUT2D eigenvalue weighted by atomic mass is 32.2. The minimum atomic E-state index is -0.419. The minimum absolute atomic E-state index is 0.212. The highest BCUT2D eigenvalue weighted by molar-refractivity contribution is 7.99. The van der Waals surface area contributed by atoms with Crippen LogP contribution in [0, 0.1) is 5.82 Å². The summed E-state index contributed by atoms with van der Waals surface area (Å²) < 4.78 is 13.3. The number of rotatable bonds is 5. The molecular formula is C14H19FN2OS. The Morgan fingerprint density at radius 2 is 2.05 bits per heavy atom. The number of benzene rings is 1. The van der Waals surface area contributed by atoms with Crippen molar-refractivity contribution in [2.75, 3.05) is 17.6 Å². The van der Waals surface area contributed by atoms with Crippen molar-refractivity contribution in [1.29, 1.82) is 0 Å². The molecule has 2 N–H and O–H groups in total. The average Bonchev–Trinajstić information content (AvgIpc) is 2.91. The zero-order valence-corrected chi connectivity index (χ0v) is 11.6. The first-order chi connectivity index (χ1) is 9.25. The highest BCUT2D eigenvalue weighted by Gasteiger charge is 2.14. The molecule has 0 spiro atoms. The Labute approximate surface area is 117 Å². The van der Waals surface area contributed by atoms with Gasteiger partial charge in [0.25, 0.3) is 0 Å². The van der Waals surface area contributed by atoms with Gasteiger partial charge in [0.1, 0.15) is 5.82 Å². The quantitative estimate of drug-likeness (QED) is 0.810. The second-order valence-corrected chi connectivity index (χ2v) is 6.05. The van der Waals surface area contributed by atoms with Crippen molar-refractivity contribution in [3.8, 4) is 0 Å². The van der Waals surface area contributed by atoms with Crippen LogP contribution >= 0.6 is 11.8 Å². The van der Waals surface area contributed by atoms with Crippen LogP contribution in [0.1, 0.15) is 25.7 Å². The number of amides is 2. The van der Waals surface area contributed by atoms with Crippen LogP contribution in [0.5, 0.6) is 0 Å². The van der Waals surface area contributed by atoms with Gasteiger partial charge in [-0.15, -0.1) is 0 Å². The Bertz CT molecular complexity index is 422. The average molecular weight is 282 g/mol. The third-order valence-corrected chi connectivity index (χ3v) is 4.55. The van der Waals surface area contributed by atoms with Crippen molar-refractivity contribution in [2.45, 2.75) is 30.9 Å². The second kappa shape index (κ2) is 7.38. The number of carbonyl (C=O) groups is 1. The van der Waals surface area contributed by atoms with Crippen molar-refractivity contribution in [3.63, 3.8) is 0 Å². The minimum Gasteiger partial charge on any atom is -0.337 e. The predicted molar refractivity (Wildman–Crippen MR) is 78.1 cm³/mol. The van der Waals surface area contributed by atoms with Gasteiger partial charge in [0, 0.05) is 17.5 Å². The van der Waals surface area contributed by atoms with Gasteiger partial charge in [0.05, 0.1) is 5.69 Å². The van der Waals surface area contributed by atoms with E-state index >= 15 is 0 Å². The third kappa shape index (κ3) is 4.74. The van der Waals surface area contributed by atoms with Crippen LogP contribution in [0.25, 0.3) is 0 Å². The molecule has 2 rings (SSSR count). The first-order valence-corrected chi connectivity index (χ1v) is 7.71. The van der Waals surface area contributed by atoms with Gasteiger partial charge in [-0.25, -0.2) is 9.18 Å². The Kier molecular flexibility index (Phi) is 5.51. The van der Waals surface area contributed by atoms with Crippen LogP contribution in [0.2, 0.25) is 0 Å². The number of thioether (sulfide) groups is 1.